The Morgan fingerprint density at radius 1 is 1.39 bits per heavy atom. The van der Waals surface area contributed by atoms with E-state index in [0.29, 0.717) is 13.1 Å². The molecule has 1 N–H and O–H groups in total. The first kappa shape index (κ1) is 18.4. The maximum Gasteiger partial charge on any atom is 0.211 e. The lowest BCUT2D eigenvalue weighted by atomic mass is 9.99. The molecule has 0 aliphatic carbocycles. The minimum absolute atomic E-state index is 0.00967. The Hall–Kier alpha value is -0.950. The van der Waals surface area contributed by atoms with Crippen molar-refractivity contribution in [3.05, 3.63) is 34.9 Å². The number of sulfonamides is 1. The molecule has 130 valence electrons. The van der Waals surface area contributed by atoms with Gasteiger partial charge in [0.15, 0.2) is 0 Å². The number of aliphatic hydroxyl groups is 1. The Kier molecular flexibility index (Phi) is 5.84. The molecule has 6 heteroatoms. The van der Waals surface area contributed by atoms with E-state index < -0.39 is 16.1 Å². The van der Waals surface area contributed by atoms with Gasteiger partial charge in [0.05, 0.1) is 12.4 Å². The summed E-state index contributed by atoms with van der Waals surface area (Å²) >= 11 is 0. The van der Waals surface area contributed by atoms with E-state index in [1.807, 2.05) is 32.0 Å². The van der Waals surface area contributed by atoms with Crippen molar-refractivity contribution in [3.8, 4) is 0 Å². The summed E-state index contributed by atoms with van der Waals surface area (Å²) in [4.78, 5) is 2.17. The average molecular weight is 340 g/mol. The molecule has 1 heterocycles. The van der Waals surface area contributed by atoms with Gasteiger partial charge < -0.3 is 5.11 Å². The highest BCUT2D eigenvalue weighted by molar-refractivity contribution is 7.88. The number of β-amino-alcohol motifs (C(OH)–C–C–N with tert-alkyl or cyclic N) is 1. The Morgan fingerprint density at radius 3 is 2.74 bits per heavy atom. The minimum Gasteiger partial charge on any atom is -0.387 e. The number of hydrogen-bond donors (Lipinski definition) is 1. The molecule has 1 saturated heterocycles. The number of rotatable bonds is 5. The number of aryl methyl sites for hydroxylation is 2. The molecular formula is C17H28N2O3S. The summed E-state index contributed by atoms with van der Waals surface area (Å²) in [5.74, 6) is 0. The summed E-state index contributed by atoms with van der Waals surface area (Å²) in [6, 6.07) is 6.10. The molecule has 2 atom stereocenters. The van der Waals surface area contributed by atoms with Crippen LogP contribution in [0.5, 0.6) is 0 Å². The van der Waals surface area contributed by atoms with Crippen molar-refractivity contribution in [2.24, 2.45) is 0 Å². The molecule has 1 aromatic rings. The van der Waals surface area contributed by atoms with E-state index in [1.54, 1.807) is 7.05 Å². The molecule has 5 nitrogen and oxygen atoms in total. The number of hydrogen-bond acceptors (Lipinski definition) is 4. The fourth-order valence-corrected chi connectivity index (χ4v) is 3.94. The van der Waals surface area contributed by atoms with E-state index in [0.717, 1.165) is 36.1 Å². The summed E-state index contributed by atoms with van der Waals surface area (Å²) in [5.41, 5.74) is 3.19. The molecule has 1 aliphatic heterocycles. The first-order valence-electron chi connectivity index (χ1n) is 8.09. The van der Waals surface area contributed by atoms with Gasteiger partial charge in [0, 0.05) is 26.2 Å². The van der Waals surface area contributed by atoms with Crippen molar-refractivity contribution in [2.45, 2.75) is 38.8 Å². The Labute approximate surface area is 140 Å². The smallest absolute Gasteiger partial charge is 0.211 e. The molecule has 0 aromatic heterocycles. The maximum atomic E-state index is 11.7. The van der Waals surface area contributed by atoms with Gasteiger partial charge >= 0.3 is 0 Å². The van der Waals surface area contributed by atoms with Gasteiger partial charge in [0.2, 0.25) is 10.0 Å². The normalized spacial score (nSPS) is 21.6. The number of aliphatic hydroxyl groups excluding tert-OH is 1. The van der Waals surface area contributed by atoms with Crippen LogP contribution >= 0.6 is 0 Å². The highest BCUT2D eigenvalue weighted by Gasteiger charge is 2.29. The fraction of sp³-hybridized carbons (Fsp3) is 0.647. The highest BCUT2D eigenvalue weighted by Crippen LogP contribution is 2.23. The van der Waals surface area contributed by atoms with Crippen molar-refractivity contribution in [1.82, 2.24) is 9.21 Å². The van der Waals surface area contributed by atoms with E-state index in [-0.39, 0.29) is 6.04 Å². The second kappa shape index (κ2) is 7.30. The standard InChI is InChI=1S/C17H28N2O3S/c1-13-7-8-14(2)16(10-13)17(20)12-19-9-5-6-15(11-19)18(3)23(4,21)22/h7-8,10,15,17,20H,5-6,9,11-12H2,1-4H3/t15-,17-/m0/s1. The first-order valence-corrected chi connectivity index (χ1v) is 9.94. The second-order valence-electron chi connectivity index (χ2n) is 6.71. The van der Waals surface area contributed by atoms with Gasteiger partial charge in [-0.15, -0.1) is 0 Å². The zero-order valence-corrected chi connectivity index (χ0v) is 15.3. The van der Waals surface area contributed by atoms with Crippen LogP contribution in [0.25, 0.3) is 0 Å². The zero-order valence-electron chi connectivity index (χ0n) is 14.5. The zero-order chi connectivity index (χ0) is 17.2. The molecule has 0 radical (unpaired) electrons. The van der Waals surface area contributed by atoms with Crippen LogP contribution in [0.15, 0.2) is 18.2 Å². The van der Waals surface area contributed by atoms with E-state index in [2.05, 4.69) is 4.90 Å². The maximum absolute atomic E-state index is 11.7. The molecule has 1 aromatic carbocycles. The van der Waals surface area contributed by atoms with Crippen molar-refractivity contribution in [2.75, 3.05) is 32.9 Å². The summed E-state index contributed by atoms with van der Waals surface area (Å²) in [6.07, 6.45) is 2.53. The summed E-state index contributed by atoms with van der Waals surface area (Å²) < 4.78 is 24.9. The van der Waals surface area contributed by atoms with Crippen LogP contribution in [0.3, 0.4) is 0 Å². The topological polar surface area (TPSA) is 60.9 Å². The van der Waals surface area contributed by atoms with Crippen LogP contribution < -0.4 is 0 Å². The van der Waals surface area contributed by atoms with Crippen LogP contribution in [0, 0.1) is 13.8 Å². The first-order chi connectivity index (χ1) is 10.7. The summed E-state index contributed by atoms with van der Waals surface area (Å²) in [5, 5.41) is 10.6. The van der Waals surface area contributed by atoms with Crippen LogP contribution in [-0.4, -0.2) is 61.7 Å². The lowest BCUT2D eigenvalue weighted by molar-refractivity contribution is 0.0814. The van der Waals surface area contributed by atoms with Crippen LogP contribution in [-0.2, 0) is 10.0 Å². The number of likely N-dealkylation sites (tertiary alicyclic amines) is 1. The van der Waals surface area contributed by atoms with Gasteiger partial charge in [-0.2, -0.15) is 0 Å². The lowest BCUT2D eigenvalue weighted by Gasteiger charge is -2.37. The van der Waals surface area contributed by atoms with Crippen molar-refractivity contribution < 1.29 is 13.5 Å². The van der Waals surface area contributed by atoms with Crippen molar-refractivity contribution in [1.29, 1.82) is 0 Å². The molecule has 1 fully saturated rings. The second-order valence-corrected chi connectivity index (χ2v) is 8.75. The van der Waals surface area contributed by atoms with Crippen LogP contribution in [0.1, 0.15) is 35.6 Å². The molecule has 0 saturated carbocycles. The van der Waals surface area contributed by atoms with E-state index in [4.69, 9.17) is 0 Å². The number of nitrogens with zero attached hydrogens (tertiary/aromatic N) is 2. The molecule has 0 unspecified atom stereocenters. The van der Waals surface area contributed by atoms with Gasteiger partial charge in [-0.25, -0.2) is 12.7 Å². The molecule has 2 rings (SSSR count). The third kappa shape index (κ3) is 4.76. The van der Waals surface area contributed by atoms with Crippen molar-refractivity contribution in [3.63, 3.8) is 0 Å². The largest absolute Gasteiger partial charge is 0.387 e. The van der Waals surface area contributed by atoms with Crippen LogP contribution in [0.2, 0.25) is 0 Å². The molecular weight excluding hydrogens is 312 g/mol. The minimum atomic E-state index is -3.17. The third-order valence-corrected chi connectivity index (χ3v) is 6.09. The molecule has 0 bridgehead atoms. The monoisotopic (exact) mass is 340 g/mol. The Morgan fingerprint density at radius 2 is 2.09 bits per heavy atom. The van der Waals surface area contributed by atoms with Gasteiger partial charge in [0.1, 0.15) is 0 Å². The molecule has 23 heavy (non-hydrogen) atoms. The van der Waals surface area contributed by atoms with Gasteiger partial charge in [-0.05, 0) is 44.4 Å². The quantitative estimate of drug-likeness (QED) is 0.886. The molecule has 0 spiro atoms. The highest BCUT2D eigenvalue weighted by atomic mass is 32.2. The van der Waals surface area contributed by atoms with Gasteiger partial charge in [0.25, 0.3) is 0 Å². The van der Waals surface area contributed by atoms with Gasteiger partial charge in [-0.3, -0.25) is 4.90 Å². The number of piperidine rings is 1. The SMILES string of the molecule is Cc1ccc(C)c([C@@H](O)CN2CCC[C@H](N(C)S(C)(=O)=O)C2)c1. The third-order valence-electron chi connectivity index (χ3n) is 4.74. The van der Waals surface area contributed by atoms with E-state index in [1.165, 1.54) is 10.6 Å². The van der Waals surface area contributed by atoms with Gasteiger partial charge in [-0.1, -0.05) is 23.8 Å². The predicted molar refractivity (Wildman–Crippen MR) is 92.9 cm³/mol. The summed E-state index contributed by atoms with van der Waals surface area (Å²) in [7, 11) is -1.53. The predicted octanol–water partition coefficient (Wildman–Crippen LogP) is 1.69. The van der Waals surface area contributed by atoms with E-state index in [9.17, 15) is 13.5 Å². The number of likely N-dealkylation sites (N-methyl/N-ethyl adjacent to an activating group) is 1. The molecule has 0 amide bonds. The molecule has 1 aliphatic rings. The number of benzene rings is 1. The van der Waals surface area contributed by atoms with Crippen molar-refractivity contribution >= 4 is 10.0 Å². The Bertz CT molecular complexity index is 645. The van der Waals surface area contributed by atoms with E-state index >= 15 is 0 Å². The fourth-order valence-electron chi connectivity index (χ4n) is 3.23. The Balaban J connectivity index is 2.03. The summed E-state index contributed by atoms with van der Waals surface area (Å²) in [6.45, 7) is 6.14. The lowest BCUT2D eigenvalue weighted by Crippen LogP contribution is -2.49. The van der Waals surface area contributed by atoms with Crippen LogP contribution in [0.4, 0.5) is 0 Å². The average Bonchev–Trinajstić information content (AvgIpc) is 2.48.